The Morgan fingerprint density at radius 3 is 2.70 bits per heavy atom. The van der Waals surface area contributed by atoms with Crippen molar-refractivity contribution in [1.29, 1.82) is 0 Å². The SMILES string of the molecule is CN[C@@H](C)[C@@H]1CCN(c2c(F)cc3c(=O)c(OC(=O)O)cn(C4CC4)c3c2OC)C1. The number of anilines is 1. The summed E-state index contributed by atoms with van der Waals surface area (Å²) in [6.45, 7) is 3.47. The first-order valence-electron chi connectivity index (χ1n) is 10.1. The number of nitrogens with one attached hydrogen (secondary N) is 1. The van der Waals surface area contributed by atoms with Gasteiger partial charge >= 0.3 is 6.16 Å². The first-order valence-corrected chi connectivity index (χ1v) is 10.1. The van der Waals surface area contributed by atoms with Gasteiger partial charge in [0.2, 0.25) is 5.43 Å². The summed E-state index contributed by atoms with van der Waals surface area (Å²) in [6.07, 6.45) is 2.50. The molecule has 9 heteroatoms. The first kappa shape index (κ1) is 20.5. The van der Waals surface area contributed by atoms with E-state index in [1.165, 1.54) is 19.4 Å². The van der Waals surface area contributed by atoms with Crippen molar-refractivity contribution < 1.29 is 23.8 Å². The van der Waals surface area contributed by atoms with Crippen LogP contribution in [0.1, 0.15) is 32.2 Å². The van der Waals surface area contributed by atoms with E-state index >= 15 is 4.39 Å². The number of carboxylic acid groups (broad SMARTS) is 1. The third-order valence-corrected chi connectivity index (χ3v) is 6.21. The summed E-state index contributed by atoms with van der Waals surface area (Å²) in [7, 11) is 3.38. The fourth-order valence-corrected chi connectivity index (χ4v) is 4.35. The average Bonchev–Trinajstić information content (AvgIpc) is 3.45. The molecule has 2 atom stereocenters. The van der Waals surface area contributed by atoms with Crippen molar-refractivity contribution >= 4 is 22.7 Å². The van der Waals surface area contributed by atoms with Crippen LogP contribution in [0.15, 0.2) is 17.1 Å². The molecule has 2 aliphatic rings. The van der Waals surface area contributed by atoms with E-state index in [1.54, 1.807) is 4.57 Å². The lowest BCUT2D eigenvalue weighted by Crippen LogP contribution is -2.33. The Morgan fingerprint density at radius 1 is 1.37 bits per heavy atom. The Morgan fingerprint density at radius 2 is 2.10 bits per heavy atom. The Labute approximate surface area is 173 Å². The van der Waals surface area contributed by atoms with Crippen LogP contribution in [0.5, 0.6) is 11.5 Å². The molecule has 162 valence electrons. The molecule has 1 aromatic carbocycles. The first-order chi connectivity index (χ1) is 14.3. The zero-order chi connectivity index (χ0) is 21.6. The van der Waals surface area contributed by atoms with Crippen molar-refractivity contribution in [2.45, 2.75) is 38.3 Å². The number of aromatic nitrogens is 1. The van der Waals surface area contributed by atoms with Gasteiger partial charge in [-0.05, 0) is 45.2 Å². The number of nitrogens with zero attached hydrogens (tertiary/aromatic N) is 2. The maximum Gasteiger partial charge on any atom is 0.511 e. The van der Waals surface area contributed by atoms with E-state index in [0.717, 1.165) is 19.3 Å². The van der Waals surface area contributed by atoms with Gasteiger partial charge in [0.1, 0.15) is 5.69 Å². The normalized spacial score (nSPS) is 19.9. The molecule has 1 aliphatic carbocycles. The van der Waals surface area contributed by atoms with Gasteiger partial charge in [-0.3, -0.25) is 4.79 Å². The maximum absolute atomic E-state index is 15.3. The summed E-state index contributed by atoms with van der Waals surface area (Å²) in [4.78, 5) is 25.8. The summed E-state index contributed by atoms with van der Waals surface area (Å²) in [5, 5.41) is 12.3. The maximum atomic E-state index is 15.3. The van der Waals surface area contributed by atoms with Crippen LogP contribution in [0.3, 0.4) is 0 Å². The molecule has 1 saturated carbocycles. The van der Waals surface area contributed by atoms with E-state index in [2.05, 4.69) is 17.0 Å². The van der Waals surface area contributed by atoms with Crippen LogP contribution < -0.4 is 25.1 Å². The molecule has 1 saturated heterocycles. The zero-order valence-corrected chi connectivity index (χ0v) is 17.3. The molecule has 1 aliphatic heterocycles. The van der Waals surface area contributed by atoms with E-state index in [-0.39, 0.29) is 17.2 Å². The van der Waals surface area contributed by atoms with E-state index in [9.17, 15) is 9.59 Å². The summed E-state index contributed by atoms with van der Waals surface area (Å²) >= 11 is 0. The van der Waals surface area contributed by atoms with Gasteiger partial charge in [0, 0.05) is 25.2 Å². The van der Waals surface area contributed by atoms with Gasteiger partial charge in [0.05, 0.1) is 24.2 Å². The number of rotatable bonds is 6. The second kappa shape index (κ2) is 7.79. The van der Waals surface area contributed by atoms with E-state index in [0.29, 0.717) is 42.0 Å². The molecule has 0 spiro atoms. The van der Waals surface area contributed by atoms with Crippen molar-refractivity contribution in [3.05, 3.63) is 28.3 Å². The number of halogens is 1. The number of fused-ring (bicyclic) bond motifs is 1. The molecule has 2 aromatic rings. The van der Waals surface area contributed by atoms with Crippen LogP contribution in [0.4, 0.5) is 14.9 Å². The summed E-state index contributed by atoms with van der Waals surface area (Å²) in [5.41, 5.74) is 0.150. The lowest BCUT2D eigenvalue weighted by Gasteiger charge is -2.25. The van der Waals surface area contributed by atoms with Gasteiger partial charge in [0.25, 0.3) is 0 Å². The number of hydrogen-bond donors (Lipinski definition) is 2. The van der Waals surface area contributed by atoms with Crippen molar-refractivity contribution in [1.82, 2.24) is 9.88 Å². The minimum absolute atomic E-state index is 0.0538. The fourth-order valence-electron chi connectivity index (χ4n) is 4.35. The minimum atomic E-state index is -1.58. The van der Waals surface area contributed by atoms with Crippen LogP contribution in [0, 0.1) is 11.7 Å². The lowest BCUT2D eigenvalue weighted by molar-refractivity contribution is 0.143. The second-order valence-electron chi connectivity index (χ2n) is 8.04. The van der Waals surface area contributed by atoms with Crippen molar-refractivity contribution in [2.24, 2.45) is 5.92 Å². The number of carbonyl (C=O) groups is 1. The van der Waals surface area contributed by atoms with Gasteiger partial charge in [-0.1, -0.05) is 0 Å². The predicted molar refractivity (Wildman–Crippen MR) is 110 cm³/mol. The van der Waals surface area contributed by atoms with Gasteiger partial charge in [-0.2, -0.15) is 0 Å². The molecule has 8 nitrogen and oxygen atoms in total. The molecule has 0 radical (unpaired) electrons. The van der Waals surface area contributed by atoms with E-state index in [1.807, 2.05) is 11.9 Å². The van der Waals surface area contributed by atoms with Crippen molar-refractivity contribution in [3.8, 4) is 11.5 Å². The number of hydrogen-bond acceptors (Lipinski definition) is 6. The summed E-state index contributed by atoms with van der Waals surface area (Å²) in [6, 6.07) is 1.56. The summed E-state index contributed by atoms with van der Waals surface area (Å²) in [5.74, 6) is -0.232. The van der Waals surface area contributed by atoms with Crippen LogP contribution in [-0.2, 0) is 0 Å². The van der Waals surface area contributed by atoms with Crippen LogP contribution in [0.25, 0.3) is 10.9 Å². The Bertz CT molecular complexity index is 1050. The average molecular weight is 419 g/mol. The third kappa shape index (κ3) is 3.47. The predicted octanol–water partition coefficient (Wildman–Crippen LogP) is 2.98. The number of pyridine rings is 1. The largest absolute Gasteiger partial charge is 0.511 e. The Hall–Kier alpha value is -2.81. The molecular weight excluding hydrogens is 393 g/mol. The monoisotopic (exact) mass is 419 g/mol. The van der Waals surface area contributed by atoms with Crippen LogP contribution in [0.2, 0.25) is 0 Å². The Kier molecular flexibility index (Phi) is 5.31. The van der Waals surface area contributed by atoms with Crippen molar-refractivity contribution in [2.75, 3.05) is 32.1 Å². The second-order valence-corrected chi connectivity index (χ2v) is 8.04. The number of methoxy groups -OCH3 is 1. The topological polar surface area (TPSA) is 93.0 Å². The molecule has 2 heterocycles. The third-order valence-electron chi connectivity index (χ3n) is 6.21. The highest BCUT2D eigenvalue weighted by molar-refractivity contribution is 5.92. The zero-order valence-electron chi connectivity index (χ0n) is 17.3. The molecule has 30 heavy (non-hydrogen) atoms. The molecule has 0 amide bonds. The van der Waals surface area contributed by atoms with Gasteiger partial charge < -0.3 is 29.4 Å². The standard InChI is InChI=1S/C21H26FN3O5/c1-11(23-2)12-6-7-24(9-12)18-15(22)8-14-17(20(18)29-3)25(13-4-5-13)10-16(19(14)26)30-21(27)28/h8,10-13,23H,4-7,9H2,1-3H3,(H,27,28)/t11-,12+/m0/s1. The highest BCUT2D eigenvalue weighted by atomic mass is 19.1. The number of benzene rings is 1. The summed E-state index contributed by atoms with van der Waals surface area (Å²) < 4.78 is 27.4. The molecule has 0 bridgehead atoms. The lowest BCUT2D eigenvalue weighted by atomic mass is 10.0. The molecule has 1 aromatic heterocycles. The highest BCUT2D eigenvalue weighted by Gasteiger charge is 2.34. The quantitative estimate of drug-likeness (QED) is 0.696. The van der Waals surface area contributed by atoms with E-state index in [4.69, 9.17) is 9.84 Å². The Balaban J connectivity index is 1.90. The fraction of sp³-hybridized carbons (Fsp3) is 0.524. The van der Waals surface area contributed by atoms with Gasteiger partial charge in [-0.25, -0.2) is 9.18 Å². The minimum Gasteiger partial charge on any atom is -0.492 e. The molecule has 2 N–H and O–H groups in total. The smallest absolute Gasteiger partial charge is 0.492 e. The van der Waals surface area contributed by atoms with Gasteiger partial charge in [0.15, 0.2) is 17.3 Å². The van der Waals surface area contributed by atoms with E-state index < -0.39 is 17.4 Å². The van der Waals surface area contributed by atoms with Gasteiger partial charge in [-0.15, -0.1) is 0 Å². The number of ether oxygens (including phenoxy) is 2. The molecule has 0 unspecified atom stereocenters. The molecule has 4 rings (SSSR count). The van der Waals surface area contributed by atoms with Crippen LogP contribution in [-0.4, -0.2) is 49.1 Å². The molecule has 2 fully saturated rings. The van der Waals surface area contributed by atoms with Crippen molar-refractivity contribution in [3.63, 3.8) is 0 Å². The van der Waals surface area contributed by atoms with Crippen LogP contribution >= 0.6 is 0 Å². The molecular formula is C21H26FN3O5. The highest BCUT2D eigenvalue weighted by Crippen LogP contribution is 2.45.